The third-order valence-electron chi connectivity index (χ3n) is 11.9. The Morgan fingerprint density at radius 2 is 0.742 bits per heavy atom. The molecule has 3 unspecified atom stereocenters. The number of ether oxygens (including phenoxy) is 3. The predicted molar refractivity (Wildman–Crippen MR) is 270 cm³/mol. The van der Waals surface area contributed by atoms with Crippen LogP contribution in [0.25, 0.3) is 0 Å². The summed E-state index contributed by atoms with van der Waals surface area (Å²) in [7, 11) is -4.74. The highest BCUT2D eigenvalue weighted by Gasteiger charge is 2.28. The summed E-state index contributed by atoms with van der Waals surface area (Å²) in [6.45, 7) is 4.61. The summed E-state index contributed by atoms with van der Waals surface area (Å²) < 4.78 is 39.4. The number of hydrogen-bond donors (Lipinski definition) is 2. The number of phosphoric ester groups is 1. The summed E-state index contributed by atoms with van der Waals surface area (Å²) in [5.74, 6) is -1.46. The van der Waals surface area contributed by atoms with Crippen LogP contribution in [0, 0.1) is 0 Å². The molecule has 2 N–H and O–H groups in total. The number of aliphatic hydroxyl groups excluding tert-OH is 1. The SMILES string of the molecule is CCCCC/C=C\C/C=C\CCCCCCCC(=O)OC(COC(=O)CCCCCCCCCCC)COP(=O)(O)OCC(CO)OC(=O)CCCCCCCCCCCCCCCCC. The van der Waals surface area contributed by atoms with Gasteiger partial charge in [-0.1, -0.05) is 218 Å². The van der Waals surface area contributed by atoms with Gasteiger partial charge in [0.15, 0.2) is 6.10 Å². The lowest BCUT2D eigenvalue weighted by Gasteiger charge is -2.21. The van der Waals surface area contributed by atoms with Gasteiger partial charge >= 0.3 is 25.7 Å². The summed E-state index contributed by atoms with van der Waals surface area (Å²) in [5, 5.41) is 9.78. The average molecular weight is 957 g/mol. The van der Waals surface area contributed by atoms with Crippen molar-refractivity contribution in [3.63, 3.8) is 0 Å². The highest BCUT2D eigenvalue weighted by molar-refractivity contribution is 7.47. The first kappa shape index (κ1) is 64.0. The Labute approximate surface area is 404 Å². The first-order chi connectivity index (χ1) is 32.2. The van der Waals surface area contributed by atoms with E-state index in [1.807, 2.05) is 0 Å². The van der Waals surface area contributed by atoms with Crippen LogP contribution in [0.5, 0.6) is 0 Å². The van der Waals surface area contributed by atoms with E-state index in [1.165, 1.54) is 122 Å². The maximum Gasteiger partial charge on any atom is 0.472 e. The molecule has 0 bridgehead atoms. The number of unbranched alkanes of at least 4 members (excludes halogenated alkanes) is 30. The van der Waals surface area contributed by atoms with Gasteiger partial charge in [0.2, 0.25) is 0 Å². The van der Waals surface area contributed by atoms with Gasteiger partial charge in [-0.2, -0.15) is 0 Å². The molecule has 11 nitrogen and oxygen atoms in total. The van der Waals surface area contributed by atoms with Crippen molar-refractivity contribution in [3.8, 4) is 0 Å². The van der Waals surface area contributed by atoms with E-state index in [9.17, 15) is 28.9 Å². The fraction of sp³-hybridized carbons (Fsp3) is 0.870. The molecule has 0 spiro atoms. The normalized spacial score (nSPS) is 13.6. The van der Waals surface area contributed by atoms with E-state index in [4.69, 9.17) is 23.3 Å². The zero-order chi connectivity index (χ0) is 48.4. The number of phosphoric acid groups is 1. The van der Waals surface area contributed by atoms with Gasteiger partial charge in [-0.3, -0.25) is 23.4 Å². The Bertz CT molecular complexity index is 1210. The molecule has 0 aliphatic rings. The van der Waals surface area contributed by atoms with E-state index in [-0.39, 0.29) is 25.9 Å². The molecule has 0 aliphatic carbocycles. The van der Waals surface area contributed by atoms with Gasteiger partial charge in [0, 0.05) is 19.3 Å². The van der Waals surface area contributed by atoms with Gasteiger partial charge in [-0.05, 0) is 51.4 Å². The Morgan fingerprint density at radius 3 is 1.15 bits per heavy atom. The van der Waals surface area contributed by atoms with Crippen molar-refractivity contribution in [1.29, 1.82) is 0 Å². The quantitative estimate of drug-likeness (QED) is 0.0197. The minimum absolute atomic E-state index is 0.156. The Balaban J connectivity index is 4.65. The monoisotopic (exact) mass is 957 g/mol. The Hall–Kier alpha value is -2.04. The number of aliphatic hydroxyl groups is 1. The van der Waals surface area contributed by atoms with Gasteiger partial charge in [-0.25, -0.2) is 4.57 Å². The molecule has 0 rings (SSSR count). The topological polar surface area (TPSA) is 155 Å². The number of rotatable bonds is 51. The van der Waals surface area contributed by atoms with Crippen molar-refractivity contribution >= 4 is 25.7 Å². The Kier molecular flexibility index (Phi) is 47.9. The van der Waals surface area contributed by atoms with Crippen LogP contribution >= 0.6 is 7.82 Å². The first-order valence-electron chi connectivity index (χ1n) is 27.2. The molecule has 0 saturated heterocycles. The number of esters is 3. The van der Waals surface area contributed by atoms with Gasteiger partial charge in [-0.15, -0.1) is 0 Å². The van der Waals surface area contributed by atoms with E-state index in [0.29, 0.717) is 19.3 Å². The van der Waals surface area contributed by atoms with E-state index < -0.39 is 57.8 Å². The largest absolute Gasteiger partial charge is 0.472 e. The van der Waals surface area contributed by atoms with Crippen molar-refractivity contribution in [3.05, 3.63) is 24.3 Å². The third kappa shape index (κ3) is 47.0. The van der Waals surface area contributed by atoms with Crippen LogP contribution < -0.4 is 0 Å². The molecule has 0 amide bonds. The molecule has 12 heteroatoms. The molecule has 0 aromatic carbocycles. The number of hydrogen-bond acceptors (Lipinski definition) is 10. The van der Waals surface area contributed by atoms with Crippen molar-refractivity contribution in [2.24, 2.45) is 0 Å². The van der Waals surface area contributed by atoms with Gasteiger partial charge in [0.05, 0.1) is 19.8 Å². The van der Waals surface area contributed by atoms with E-state index in [1.54, 1.807) is 0 Å². The third-order valence-corrected chi connectivity index (χ3v) is 12.8. The number of allylic oxidation sites excluding steroid dienone is 4. The van der Waals surface area contributed by atoms with Crippen molar-refractivity contribution in [1.82, 2.24) is 0 Å². The molecule has 0 aliphatic heterocycles. The van der Waals surface area contributed by atoms with Crippen LogP contribution in [-0.2, 0) is 42.2 Å². The lowest BCUT2D eigenvalue weighted by atomic mass is 10.0. The lowest BCUT2D eigenvalue weighted by molar-refractivity contribution is -0.161. The maximum absolute atomic E-state index is 12.8. The second kappa shape index (κ2) is 49.4. The van der Waals surface area contributed by atoms with Crippen molar-refractivity contribution < 1.29 is 52.2 Å². The van der Waals surface area contributed by atoms with E-state index >= 15 is 0 Å². The van der Waals surface area contributed by atoms with Crippen LogP contribution in [0.3, 0.4) is 0 Å². The first-order valence-corrected chi connectivity index (χ1v) is 28.7. The van der Waals surface area contributed by atoms with Gasteiger partial charge < -0.3 is 24.2 Å². The number of carbonyl (C=O) groups is 3. The summed E-state index contributed by atoms with van der Waals surface area (Å²) >= 11 is 0. The molecule has 0 aromatic heterocycles. The maximum atomic E-state index is 12.8. The predicted octanol–water partition coefficient (Wildman–Crippen LogP) is 15.5. The average Bonchev–Trinajstić information content (AvgIpc) is 3.30. The molecule has 0 fully saturated rings. The second-order valence-electron chi connectivity index (χ2n) is 18.4. The molecule has 388 valence electrons. The summed E-state index contributed by atoms with van der Waals surface area (Å²) in [5.41, 5.74) is 0. The van der Waals surface area contributed by atoms with Crippen LogP contribution in [0.1, 0.15) is 265 Å². The molecule has 0 aromatic rings. The molecule has 0 saturated carbocycles. The standard InChI is InChI=1S/C54H101O11P/c1-4-7-10-13-16-19-21-23-25-27-29-32-35-38-41-44-53(57)64-50(46-55)48-62-66(59,60)63-49-51(47-61-52(56)43-40-37-34-31-18-15-12-9-6-3)65-54(58)45-42-39-36-33-30-28-26-24-22-20-17-14-11-8-5-2/h17,20,24,26,50-51,55H,4-16,18-19,21-23,25,27-49H2,1-3H3,(H,59,60)/b20-17-,26-24-. The zero-order valence-corrected chi connectivity index (χ0v) is 43.6. The fourth-order valence-corrected chi connectivity index (χ4v) is 8.47. The minimum Gasteiger partial charge on any atom is -0.462 e. The van der Waals surface area contributed by atoms with Crippen LogP contribution in [0.2, 0.25) is 0 Å². The summed E-state index contributed by atoms with van der Waals surface area (Å²) in [6.07, 6.45) is 47.2. The molecule has 66 heavy (non-hydrogen) atoms. The number of carbonyl (C=O) groups excluding carboxylic acids is 3. The van der Waals surface area contributed by atoms with Crippen molar-refractivity contribution in [2.75, 3.05) is 26.4 Å². The smallest absolute Gasteiger partial charge is 0.462 e. The summed E-state index contributed by atoms with van der Waals surface area (Å²) in [4.78, 5) is 48.3. The van der Waals surface area contributed by atoms with E-state index in [0.717, 1.165) is 83.5 Å². The van der Waals surface area contributed by atoms with Gasteiger partial charge in [0.1, 0.15) is 12.7 Å². The Morgan fingerprint density at radius 1 is 0.424 bits per heavy atom. The second-order valence-corrected chi connectivity index (χ2v) is 19.9. The molecular formula is C54H101O11P. The van der Waals surface area contributed by atoms with Crippen LogP contribution in [0.4, 0.5) is 0 Å². The summed E-state index contributed by atoms with van der Waals surface area (Å²) in [6, 6.07) is 0. The lowest BCUT2D eigenvalue weighted by Crippen LogP contribution is -2.30. The van der Waals surface area contributed by atoms with E-state index in [2.05, 4.69) is 45.1 Å². The van der Waals surface area contributed by atoms with Crippen LogP contribution in [-0.4, -0.2) is 66.5 Å². The minimum atomic E-state index is -4.74. The molecule has 0 radical (unpaired) electrons. The van der Waals surface area contributed by atoms with Gasteiger partial charge in [0.25, 0.3) is 0 Å². The van der Waals surface area contributed by atoms with Crippen molar-refractivity contribution in [2.45, 2.75) is 277 Å². The van der Waals surface area contributed by atoms with Crippen LogP contribution in [0.15, 0.2) is 24.3 Å². The highest BCUT2D eigenvalue weighted by Crippen LogP contribution is 2.43. The molecule has 3 atom stereocenters. The highest BCUT2D eigenvalue weighted by atomic mass is 31.2. The zero-order valence-electron chi connectivity index (χ0n) is 42.7. The fourth-order valence-electron chi connectivity index (χ4n) is 7.68. The molecular weight excluding hydrogens is 856 g/mol. The molecule has 0 heterocycles.